The van der Waals surface area contributed by atoms with Gasteiger partial charge in [-0.15, -0.1) is 0 Å². The lowest BCUT2D eigenvalue weighted by atomic mass is 10.1. The van der Waals surface area contributed by atoms with E-state index in [1.54, 1.807) is 18.2 Å². The van der Waals surface area contributed by atoms with Gasteiger partial charge in [0, 0.05) is 26.2 Å². The Labute approximate surface area is 177 Å². The summed E-state index contributed by atoms with van der Waals surface area (Å²) < 4.78 is 37.4. The fourth-order valence-corrected chi connectivity index (χ4v) is 3.98. The average Bonchev–Trinajstić information content (AvgIpc) is 3.44. The molecule has 0 saturated carbocycles. The molecular formula is C21H23FN4O5. The van der Waals surface area contributed by atoms with E-state index >= 15 is 0 Å². The first kappa shape index (κ1) is 20.0. The molecule has 0 radical (unpaired) electrons. The van der Waals surface area contributed by atoms with Crippen LogP contribution in [0, 0.1) is 5.82 Å². The van der Waals surface area contributed by atoms with Gasteiger partial charge in [0.1, 0.15) is 29.8 Å². The van der Waals surface area contributed by atoms with Crippen LogP contribution in [0.3, 0.4) is 0 Å². The second kappa shape index (κ2) is 7.63. The van der Waals surface area contributed by atoms with Gasteiger partial charge in [-0.1, -0.05) is 0 Å². The number of nitrogens with one attached hydrogen (secondary N) is 1. The van der Waals surface area contributed by atoms with Crippen molar-refractivity contribution in [3.63, 3.8) is 0 Å². The maximum absolute atomic E-state index is 14.9. The molecule has 31 heavy (non-hydrogen) atoms. The van der Waals surface area contributed by atoms with Crippen molar-refractivity contribution in [2.24, 2.45) is 0 Å². The van der Waals surface area contributed by atoms with Crippen LogP contribution in [-0.4, -0.2) is 78.9 Å². The minimum atomic E-state index is -0.651. The fourth-order valence-electron chi connectivity index (χ4n) is 3.98. The third kappa shape index (κ3) is 3.46. The maximum atomic E-state index is 14.9. The Morgan fingerprint density at radius 1 is 1.16 bits per heavy atom. The predicted molar refractivity (Wildman–Crippen MR) is 110 cm³/mol. The summed E-state index contributed by atoms with van der Waals surface area (Å²) in [6.45, 7) is 0.524. The molecule has 0 bridgehead atoms. The molecule has 2 fully saturated rings. The van der Waals surface area contributed by atoms with Crippen molar-refractivity contribution in [2.75, 3.05) is 39.3 Å². The minimum absolute atomic E-state index is 0.138. The molecule has 0 amide bonds. The molecule has 0 aromatic carbocycles. The van der Waals surface area contributed by atoms with Gasteiger partial charge in [0.15, 0.2) is 17.8 Å². The average molecular weight is 430 g/mol. The van der Waals surface area contributed by atoms with E-state index in [9.17, 15) is 9.50 Å². The second-order valence-electron chi connectivity index (χ2n) is 7.83. The van der Waals surface area contributed by atoms with Crippen LogP contribution in [0.15, 0.2) is 24.3 Å². The summed E-state index contributed by atoms with van der Waals surface area (Å²) in [6, 6.07) is 6.58. The highest BCUT2D eigenvalue weighted by Crippen LogP contribution is 2.34. The number of halogens is 1. The summed E-state index contributed by atoms with van der Waals surface area (Å²) in [5.74, 6) is 0.891. The van der Waals surface area contributed by atoms with E-state index < -0.39 is 11.9 Å². The van der Waals surface area contributed by atoms with Crippen LogP contribution in [0.2, 0.25) is 0 Å². The molecule has 9 nitrogen and oxygen atoms in total. The van der Waals surface area contributed by atoms with Gasteiger partial charge in [0.05, 0.1) is 36.9 Å². The molecule has 164 valence electrons. The normalized spacial score (nSPS) is 25.1. The van der Waals surface area contributed by atoms with Gasteiger partial charge >= 0.3 is 0 Å². The number of ether oxygens (including phenoxy) is 4. The van der Waals surface area contributed by atoms with E-state index in [0.717, 1.165) is 0 Å². The Morgan fingerprint density at radius 2 is 1.97 bits per heavy atom. The predicted octanol–water partition coefficient (Wildman–Crippen LogP) is 1.74. The van der Waals surface area contributed by atoms with Gasteiger partial charge in [-0.3, -0.25) is 0 Å². The highest BCUT2D eigenvalue weighted by molar-refractivity contribution is 5.82. The van der Waals surface area contributed by atoms with Crippen molar-refractivity contribution in [1.29, 1.82) is 0 Å². The van der Waals surface area contributed by atoms with E-state index in [2.05, 4.69) is 15.0 Å². The molecule has 2 unspecified atom stereocenters. The number of hydrogen-bond donors (Lipinski definition) is 2. The number of methoxy groups -OCH3 is 1. The quantitative estimate of drug-likeness (QED) is 0.631. The SMILES string of the molecule is COc1nc(N(C)C)ccc1-c1nc2cc(O[C@@H]3COC4C3OC[C@H]4O)[nH]c2cc1F. The van der Waals surface area contributed by atoms with Crippen molar-refractivity contribution in [2.45, 2.75) is 24.4 Å². The molecule has 0 aliphatic carbocycles. The number of fused-ring (bicyclic) bond motifs is 2. The van der Waals surface area contributed by atoms with Crippen LogP contribution in [-0.2, 0) is 9.47 Å². The molecule has 3 aromatic rings. The first-order chi connectivity index (χ1) is 14.9. The highest BCUT2D eigenvalue weighted by Gasteiger charge is 2.48. The van der Waals surface area contributed by atoms with E-state index in [1.165, 1.54) is 13.2 Å². The molecule has 4 atom stereocenters. The molecule has 0 spiro atoms. The van der Waals surface area contributed by atoms with Gasteiger partial charge in [0.25, 0.3) is 0 Å². The molecular weight excluding hydrogens is 407 g/mol. The molecule has 2 aliphatic rings. The lowest BCUT2D eigenvalue weighted by molar-refractivity contribution is 0.00794. The number of aromatic amines is 1. The van der Waals surface area contributed by atoms with E-state index in [4.69, 9.17) is 18.9 Å². The summed E-state index contributed by atoms with van der Waals surface area (Å²) in [6.07, 6.45) is -1.75. The fraction of sp³-hybridized carbons (Fsp3) is 0.429. The van der Waals surface area contributed by atoms with Crippen molar-refractivity contribution in [3.05, 3.63) is 30.1 Å². The standard InChI is InChI=1S/C21H23FN4O5/c1-26(2)16-5-4-10(21(25-16)28-3)18-11(22)6-12-13(24-18)7-17(23-12)31-15-9-30-19-14(27)8-29-20(15)19/h4-7,14-15,19-20,23,27H,8-9H2,1-3H3/t14-,15-,19?,20?/m1/s1. The topological polar surface area (TPSA) is 102 Å². The zero-order chi connectivity index (χ0) is 21.7. The Balaban J connectivity index is 1.45. The van der Waals surface area contributed by atoms with E-state index in [0.29, 0.717) is 34.9 Å². The smallest absolute Gasteiger partial charge is 0.224 e. The van der Waals surface area contributed by atoms with Crippen LogP contribution in [0.4, 0.5) is 10.2 Å². The van der Waals surface area contributed by atoms with E-state index in [-0.39, 0.29) is 36.5 Å². The first-order valence-corrected chi connectivity index (χ1v) is 9.94. The number of aliphatic hydroxyl groups excluding tert-OH is 1. The second-order valence-corrected chi connectivity index (χ2v) is 7.83. The number of nitrogens with zero attached hydrogens (tertiary/aromatic N) is 3. The minimum Gasteiger partial charge on any atom is -0.480 e. The van der Waals surface area contributed by atoms with E-state index in [1.807, 2.05) is 19.0 Å². The maximum Gasteiger partial charge on any atom is 0.224 e. The summed E-state index contributed by atoms with van der Waals surface area (Å²) in [4.78, 5) is 13.8. The number of rotatable bonds is 5. The number of aliphatic hydroxyl groups is 1. The molecule has 5 heterocycles. The zero-order valence-electron chi connectivity index (χ0n) is 17.3. The summed E-state index contributed by atoms with van der Waals surface area (Å²) in [5.41, 5.74) is 1.62. The van der Waals surface area contributed by atoms with Gasteiger partial charge in [-0.25, -0.2) is 9.37 Å². The first-order valence-electron chi connectivity index (χ1n) is 9.94. The number of anilines is 1. The zero-order valence-corrected chi connectivity index (χ0v) is 17.3. The molecule has 2 N–H and O–H groups in total. The van der Waals surface area contributed by atoms with Crippen LogP contribution < -0.4 is 14.4 Å². The number of pyridine rings is 2. The Hall–Kier alpha value is -2.95. The summed E-state index contributed by atoms with van der Waals surface area (Å²) in [7, 11) is 5.22. The number of H-pyrrole nitrogens is 1. The number of aromatic nitrogens is 3. The van der Waals surface area contributed by atoms with Gasteiger partial charge in [0.2, 0.25) is 5.88 Å². The largest absolute Gasteiger partial charge is 0.480 e. The lowest BCUT2D eigenvalue weighted by Gasteiger charge is -2.16. The summed E-state index contributed by atoms with van der Waals surface area (Å²) >= 11 is 0. The monoisotopic (exact) mass is 430 g/mol. The molecule has 2 saturated heterocycles. The van der Waals surface area contributed by atoms with Crippen LogP contribution in [0.1, 0.15) is 0 Å². The van der Waals surface area contributed by atoms with Crippen molar-refractivity contribution in [3.8, 4) is 23.0 Å². The molecule has 3 aromatic heterocycles. The van der Waals surface area contributed by atoms with Gasteiger partial charge in [-0.2, -0.15) is 4.98 Å². The van der Waals surface area contributed by atoms with Crippen LogP contribution in [0.5, 0.6) is 11.8 Å². The molecule has 10 heteroatoms. The number of hydrogen-bond acceptors (Lipinski definition) is 8. The van der Waals surface area contributed by atoms with Crippen molar-refractivity contribution in [1.82, 2.24) is 15.0 Å². The Bertz CT molecular complexity index is 1120. The van der Waals surface area contributed by atoms with Crippen molar-refractivity contribution < 1.29 is 28.4 Å². The Kier molecular flexibility index (Phi) is 4.92. The molecule has 5 rings (SSSR count). The third-order valence-electron chi connectivity index (χ3n) is 5.54. The third-order valence-corrected chi connectivity index (χ3v) is 5.54. The highest BCUT2D eigenvalue weighted by atomic mass is 19.1. The van der Waals surface area contributed by atoms with Gasteiger partial charge < -0.3 is 33.9 Å². The summed E-state index contributed by atoms with van der Waals surface area (Å²) in [5, 5.41) is 9.87. The Morgan fingerprint density at radius 3 is 2.74 bits per heavy atom. The van der Waals surface area contributed by atoms with Gasteiger partial charge in [-0.05, 0) is 12.1 Å². The van der Waals surface area contributed by atoms with Crippen molar-refractivity contribution >= 4 is 16.9 Å². The van der Waals surface area contributed by atoms with Crippen LogP contribution >= 0.6 is 0 Å². The van der Waals surface area contributed by atoms with Crippen LogP contribution in [0.25, 0.3) is 22.3 Å². The molecule has 2 aliphatic heterocycles. The lowest BCUT2D eigenvalue weighted by Crippen LogP contribution is -2.34.